The van der Waals surface area contributed by atoms with E-state index in [2.05, 4.69) is 32.2 Å². The van der Waals surface area contributed by atoms with Gasteiger partial charge in [-0.15, -0.1) is 0 Å². The lowest BCUT2D eigenvalue weighted by Crippen LogP contribution is -2.40. The standard InChI is InChI=1S/C27H37N9O3/c1-4-27(37)33-20-13-21(24(38-3)14-23(20)35-10-7-19(28)8-11-35)32-25(29)15-26(34-30)36-22(9-12-39-36)18-6-5-17(2)31-16-18/h4-6,13-16,19,22,34H,1,7-12,28,30H2,2-3H3,(H2,29,32)(H,33,37)/b26-15+/t22-/m1/s1. The number of hydroxylamine groups is 2. The number of rotatable bonds is 9. The maximum absolute atomic E-state index is 12.2. The average molecular weight is 536 g/mol. The van der Waals surface area contributed by atoms with Crippen LogP contribution in [-0.2, 0) is 9.63 Å². The number of nitrogens with zero attached hydrogens (tertiary/aromatic N) is 4. The van der Waals surface area contributed by atoms with E-state index in [1.165, 1.54) is 6.08 Å². The van der Waals surface area contributed by atoms with E-state index in [-0.39, 0.29) is 23.8 Å². The largest absolute Gasteiger partial charge is 0.494 e. The van der Waals surface area contributed by atoms with Crippen molar-refractivity contribution in [3.8, 4) is 5.75 Å². The van der Waals surface area contributed by atoms with Gasteiger partial charge in [-0.25, -0.2) is 15.9 Å². The molecular formula is C27H37N9O3. The van der Waals surface area contributed by atoms with Crippen LogP contribution in [0.3, 0.4) is 0 Å². The highest BCUT2D eigenvalue weighted by Gasteiger charge is 2.30. The molecule has 12 nitrogen and oxygen atoms in total. The van der Waals surface area contributed by atoms with Gasteiger partial charge in [-0.1, -0.05) is 12.6 Å². The van der Waals surface area contributed by atoms with Crippen LogP contribution in [0.4, 0.5) is 17.1 Å². The van der Waals surface area contributed by atoms with Gasteiger partial charge in [-0.05, 0) is 43.5 Å². The van der Waals surface area contributed by atoms with E-state index in [0.29, 0.717) is 29.6 Å². The van der Waals surface area contributed by atoms with Crippen molar-refractivity contribution in [3.05, 3.63) is 66.3 Å². The van der Waals surface area contributed by atoms with Crippen molar-refractivity contribution in [2.75, 3.05) is 37.0 Å². The Morgan fingerprint density at radius 2 is 2.05 bits per heavy atom. The van der Waals surface area contributed by atoms with Crippen molar-refractivity contribution in [3.63, 3.8) is 0 Å². The molecule has 12 heteroatoms. The van der Waals surface area contributed by atoms with Crippen LogP contribution in [0.2, 0.25) is 0 Å². The number of carbonyl (C=O) groups is 1. The Morgan fingerprint density at radius 1 is 1.28 bits per heavy atom. The summed E-state index contributed by atoms with van der Waals surface area (Å²) in [4.78, 5) is 29.2. The van der Waals surface area contributed by atoms with Crippen LogP contribution in [0, 0.1) is 6.92 Å². The van der Waals surface area contributed by atoms with E-state index in [1.807, 2.05) is 31.3 Å². The zero-order chi connectivity index (χ0) is 27.9. The third-order valence-corrected chi connectivity index (χ3v) is 6.76. The van der Waals surface area contributed by atoms with Crippen LogP contribution in [0.25, 0.3) is 0 Å². The molecule has 1 amide bonds. The van der Waals surface area contributed by atoms with Gasteiger partial charge in [-0.2, -0.15) is 0 Å². The van der Waals surface area contributed by atoms with Gasteiger partial charge < -0.3 is 31.8 Å². The minimum Gasteiger partial charge on any atom is -0.494 e. The Labute approximate surface area is 228 Å². The summed E-state index contributed by atoms with van der Waals surface area (Å²) in [6.45, 7) is 7.53. The molecule has 0 saturated carbocycles. The summed E-state index contributed by atoms with van der Waals surface area (Å²) in [6.07, 6.45) is 7.08. The van der Waals surface area contributed by atoms with E-state index in [9.17, 15) is 4.79 Å². The van der Waals surface area contributed by atoms with Crippen LogP contribution in [0.1, 0.15) is 36.6 Å². The van der Waals surface area contributed by atoms with Gasteiger partial charge in [0.05, 0.1) is 31.1 Å². The number of ether oxygens (including phenoxy) is 1. The highest BCUT2D eigenvalue weighted by molar-refractivity contribution is 6.02. The lowest BCUT2D eigenvalue weighted by molar-refractivity contribution is -0.111. The predicted molar refractivity (Wildman–Crippen MR) is 152 cm³/mol. The van der Waals surface area contributed by atoms with Gasteiger partial charge in [0, 0.05) is 49.6 Å². The number of piperidine rings is 1. The van der Waals surface area contributed by atoms with Crippen LogP contribution >= 0.6 is 0 Å². The van der Waals surface area contributed by atoms with E-state index >= 15 is 0 Å². The lowest BCUT2D eigenvalue weighted by Gasteiger charge is -2.33. The highest BCUT2D eigenvalue weighted by Crippen LogP contribution is 2.40. The molecule has 0 bridgehead atoms. The van der Waals surface area contributed by atoms with Crippen LogP contribution in [-0.4, -0.2) is 54.6 Å². The second-order valence-corrected chi connectivity index (χ2v) is 9.47. The number of aromatic nitrogens is 1. The second kappa shape index (κ2) is 12.6. The molecule has 1 aromatic heterocycles. The van der Waals surface area contributed by atoms with Gasteiger partial charge >= 0.3 is 0 Å². The number of aliphatic imine (C=N–C) groups is 1. The molecule has 0 spiro atoms. The van der Waals surface area contributed by atoms with Crippen molar-refractivity contribution in [2.45, 2.75) is 38.3 Å². The topological polar surface area (TPSA) is 169 Å². The van der Waals surface area contributed by atoms with E-state index < -0.39 is 0 Å². The normalized spacial score (nSPS) is 18.7. The minimum atomic E-state index is -0.338. The van der Waals surface area contributed by atoms with Crippen molar-refractivity contribution in [2.24, 2.45) is 22.3 Å². The molecule has 0 aliphatic carbocycles. The quantitative estimate of drug-likeness (QED) is 0.105. The molecular weight excluding hydrogens is 498 g/mol. The first-order chi connectivity index (χ1) is 18.8. The number of nitrogens with two attached hydrogens (primary N) is 3. The fourth-order valence-electron chi connectivity index (χ4n) is 4.66. The summed E-state index contributed by atoms with van der Waals surface area (Å²) in [5.41, 5.74) is 18.8. The molecule has 39 heavy (non-hydrogen) atoms. The molecule has 208 valence electrons. The number of hydrazine groups is 1. The fourth-order valence-corrected chi connectivity index (χ4v) is 4.66. The maximum Gasteiger partial charge on any atom is 0.247 e. The molecule has 2 aromatic rings. The van der Waals surface area contributed by atoms with E-state index in [0.717, 1.165) is 49.3 Å². The monoisotopic (exact) mass is 535 g/mol. The smallest absolute Gasteiger partial charge is 0.247 e. The van der Waals surface area contributed by atoms with Crippen molar-refractivity contribution in [1.82, 2.24) is 15.5 Å². The first kappa shape index (κ1) is 27.9. The lowest BCUT2D eigenvalue weighted by atomic mass is 10.0. The second-order valence-electron chi connectivity index (χ2n) is 9.47. The van der Waals surface area contributed by atoms with Crippen LogP contribution < -0.4 is 37.7 Å². The summed E-state index contributed by atoms with van der Waals surface area (Å²) in [5.74, 6) is 6.60. The highest BCUT2D eigenvalue weighted by atomic mass is 16.7. The molecule has 1 atom stereocenters. The summed E-state index contributed by atoms with van der Waals surface area (Å²) < 4.78 is 5.65. The first-order valence-corrected chi connectivity index (χ1v) is 12.9. The van der Waals surface area contributed by atoms with E-state index in [4.69, 9.17) is 26.9 Å². The summed E-state index contributed by atoms with van der Waals surface area (Å²) in [7, 11) is 1.56. The Balaban J connectivity index is 1.66. The van der Waals surface area contributed by atoms with Crippen LogP contribution in [0.15, 0.2) is 60.0 Å². The first-order valence-electron chi connectivity index (χ1n) is 12.9. The molecule has 2 aliphatic rings. The van der Waals surface area contributed by atoms with Crippen LogP contribution in [0.5, 0.6) is 5.75 Å². The SMILES string of the molecule is C=CC(=O)Nc1cc(N=C(N)/C=C(\NN)N2OCC[C@@H]2c2ccc(C)nc2)c(OC)cc1N1CCC(N)CC1. The number of aryl methyl sites for hydroxylation is 1. The van der Waals surface area contributed by atoms with Gasteiger partial charge in [0.15, 0.2) is 0 Å². The molecule has 4 rings (SSSR count). The van der Waals surface area contributed by atoms with Crippen molar-refractivity contribution >= 4 is 28.8 Å². The van der Waals surface area contributed by atoms with Crippen molar-refractivity contribution in [1.29, 1.82) is 0 Å². The number of hydrogen-bond acceptors (Lipinski definition) is 10. The van der Waals surface area contributed by atoms with Crippen molar-refractivity contribution < 1.29 is 14.4 Å². The van der Waals surface area contributed by atoms with Gasteiger partial charge in [0.2, 0.25) is 5.91 Å². The number of pyridine rings is 1. The third kappa shape index (κ3) is 6.66. The van der Waals surface area contributed by atoms with E-state index in [1.54, 1.807) is 24.3 Å². The molecule has 0 radical (unpaired) electrons. The number of amides is 1. The number of nitrogens with one attached hydrogen (secondary N) is 2. The number of amidine groups is 1. The van der Waals surface area contributed by atoms with Gasteiger partial charge in [0.25, 0.3) is 0 Å². The third-order valence-electron chi connectivity index (χ3n) is 6.76. The number of methoxy groups -OCH3 is 1. The molecule has 3 heterocycles. The average Bonchev–Trinajstić information content (AvgIpc) is 3.42. The Hall–Kier alpha value is -4.13. The number of anilines is 2. The number of carbonyl (C=O) groups excluding carboxylic acids is 1. The Kier molecular flexibility index (Phi) is 9.02. The Morgan fingerprint density at radius 3 is 2.69 bits per heavy atom. The molecule has 2 saturated heterocycles. The van der Waals surface area contributed by atoms with Gasteiger partial charge in [-0.3, -0.25) is 14.6 Å². The number of hydrogen-bond donors (Lipinski definition) is 5. The molecule has 8 N–H and O–H groups in total. The minimum absolute atomic E-state index is 0.0969. The predicted octanol–water partition coefficient (Wildman–Crippen LogP) is 2.12. The molecule has 1 aromatic carbocycles. The molecule has 2 aliphatic heterocycles. The van der Waals surface area contributed by atoms with Gasteiger partial charge in [0.1, 0.15) is 23.1 Å². The molecule has 2 fully saturated rings. The zero-order valence-electron chi connectivity index (χ0n) is 22.4. The zero-order valence-corrected chi connectivity index (χ0v) is 22.4. The summed E-state index contributed by atoms with van der Waals surface area (Å²) in [5, 5.41) is 4.55. The summed E-state index contributed by atoms with van der Waals surface area (Å²) in [6, 6.07) is 7.61. The Bertz CT molecular complexity index is 1240. The number of benzene rings is 1. The summed E-state index contributed by atoms with van der Waals surface area (Å²) >= 11 is 0. The maximum atomic E-state index is 12.2. The fraction of sp³-hybridized carbons (Fsp3) is 0.370. The molecule has 0 unspecified atom stereocenters.